The Hall–Kier alpha value is -1.37. The lowest BCUT2D eigenvalue weighted by molar-refractivity contribution is -0.00664. The van der Waals surface area contributed by atoms with Crippen LogP contribution in [0.2, 0.25) is 0 Å². The van der Waals surface area contributed by atoms with Crippen LogP contribution in [0.4, 0.5) is 0 Å². The zero-order valence-electron chi connectivity index (χ0n) is 12.9. The summed E-state index contributed by atoms with van der Waals surface area (Å²) in [4.78, 5) is 0.203. The summed E-state index contributed by atoms with van der Waals surface area (Å²) >= 11 is 0. The third kappa shape index (κ3) is 3.45. The number of benzene rings is 1. The van der Waals surface area contributed by atoms with Crippen LogP contribution >= 0.6 is 0 Å². The lowest BCUT2D eigenvalue weighted by Gasteiger charge is -2.20. The molecule has 0 saturated carbocycles. The molecular weight excluding hydrogens is 288 g/mol. The first-order valence-electron chi connectivity index (χ1n) is 6.86. The number of hydrogen-bond donors (Lipinski definition) is 1. The Balaban J connectivity index is 2.47. The molecule has 0 bridgehead atoms. The minimum Gasteiger partial charge on any atom is -0.374 e. The normalized spacial score (nSPS) is 13.0. The molecule has 0 aliphatic carbocycles. The first-order valence-corrected chi connectivity index (χ1v) is 8.40. The van der Waals surface area contributed by atoms with E-state index in [-0.39, 0.29) is 10.5 Å². The van der Waals surface area contributed by atoms with E-state index >= 15 is 0 Å². The molecule has 0 amide bonds. The van der Waals surface area contributed by atoms with Crippen LogP contribution in [0.5, 0.6) is 0 Å². The molecule has 5 nitrogen and oxygen atoms in total. The molecule has 1 aromatic carbocycles. The van der Waals surface area contributed by atoms with Gasteiger partial charge in [-0.2, -0.15) is 0 Å². The van der Waals surface area contributed by atoms with Crippen molar-refractivity contribution >= 4 is 20.9 Å². The maximum absolute atomic E-state index is 11.8. The van der Waals surface area contributed by atoms with Crippen molar-refractivity contribution in [3.63, 3.8) is 0 Å². The predicted molar refractivity (Wildman–Crippen MR) is 83.8 cm³/mol. The van der Waals surface area contributed by atoms with E-state index in [0.717, 1.165) is 5.52 Å². The summed E-state index contributed by atoms with van der Waals surface area (Å²) in [5.41, 5.74) is 1.28. The molecule has 21 heavy (non-hydrogen) atoms. The minimum atomic E-state index is -3.75. The van der Waals surface area contributed by atoms with Gasteiger partial charge in [-0.15, -0.1) is 0 Å². The van der Waals surface area contributed by atoms with Crippen LogP contribution in [-0.4, -0.2) is 25.2 Å². The van der Waals surface area contributed by atoms with E-state index in [9.17, 15) is 8.42 Å². The van der Waals surface area contributed by atoms with Gasteiger partial charge in [0.05, 0.1) is 12.2 Å². The number of hydrogen-bond acceptors (Lipinski definition) is 3. The number of sulfonamides is 1. The third-order valence-corrected chi connectivity index (χ3v) is 4.39. The number of aromatic nitrogens is 1. The van der Waals surface area contributed by atoms with Crippen LogP contribution in [0.25, 0.3) is 10.9 Å². The number of nitrogens with two attached hydrogens (primary N) is 1. The van der Waals surface area contributed by atoms with Gasteiger partial charge >= 0.3 is 0 Å². The summed E-state index contributed by atoms with van der Waals surface area (Å²) in [5, 5.41) is 6.02. The van der Waals surface area contributed by atoms with Gasteiger partial charge in [0.15, 0.2) is 0 Å². The lowest BCUT2D eigenvalue weighted by Crippen LogP contribution is -2.22. The quantitative estimate of drug-likeness (QED) is 0.942. The van der Waals surface area contributed by atoms with E-state index in [4.69, 9.17) is 9.88 Å². The Morgan fingerprint density at radius 2 is 1.86 bits per heavy atom. The van der Waals surface area contributed by atoms with Gasteiger partial charge < -0.3 is 9.30 Å². The van der Waals surface area contributed by atoms with Crippen molar-refractivity contribution in [3.8, 4) is 0 Å². The van der Waals surface area contributed by atoms with E-state index in [1.165, 1.54) is 0 Å². The SMILES string of the molecule is Cc1c(S(N)(=O)=O)c2ccccc2n1CCOC(C)(C)C. The van der Waals surface area contributed by atoms with E-state index in [1.54, 1.807) is 13.0 Å². The fourth-order valence-corrected chi connectivity index (χ4v) is 3.49. The summed E-state index contributed by atoms with van der Waals surface area (Å²) in [6.07, 6.45) is 0. The van der Waals surface area contributed by atoms with E-state index in [1.807, 2.05) is 43.5 Å². The summed E-state index contributed by atoms with van der Waals surface area (Å²) < 4.78 is 31.4. The van der Waals surface area contributed by atoms with Crippen LogP contribution in [-0.2, 0) is 21.3 Å². The average Bonchev–Trinajstić information content (AvgIpc) is 2.60. The van der Waals surface area contributed by atoms with Crippen molar-refractivity contribution in [3.05, 3.63) is 30.0 Å². The molecule has 0 unspecified atom stereocenters. The molecule has 0 saturated heterocycles. The lowest BCUT2D eigenvalue weighted by atomic mass is 10.2. The highest BCUT2D eigenvalue weighted by Crippen LogP contribution is 2.28. The number of para-hydroxylation sites is 1. The zero-order chi connectivity index (χ0) is 15.8. The van der Waals surface area contributed by atoms with E-state index in [0.29, 0.717) is 24.2 Å². The largest absolute Gasteiger partial charge is 0.374 e. The number of rotatable bonds is 4. The van der Waals surface area contributed by atoms with Gasteiger partial charge in [-0.05, 0) is 33.8 Å². The number of fused-ring (bicyclic) bond motifs is 1. The van der Waals surface area contributed by atoms with Crippen molar-refractivity contribution in [2.45, 2.75) is 44.7 Å². The number of primary sulfonamides is 1. The second-order valence-corrected chi connectivity index (χ2v) is 7.59. The Bertz CT molecular complexity index is 755. The molecule has 2 N–H and O–H groups in total. The smallest absolute Gasteiger partial charge is 0.240 e. The van der Waals surface area contributed by atoms with Crippen LogP contribution in [0.3, 0.4) is 0 Å². The molecule has 0 fully saturated rings. The molecule has 2 aromatic rings. The fraction of sp³-hybridized carbons (Fsp3) is 0.467. The fourth-order valence-electron chi connectivity index (χ4n) is 2.49. The highest BCUT2D eigenvalue weighted by molar-refractivity contribution is 7.89. The molecule has 0 aliphatic heterocycles. The van der Waals surface area contributed by atoms with Crippen LogP contribution < -0.4 is 5.14 Å². The summed E-state index contributed by atoms with van der Waals surface area (Å²) in [6, 6.07) is 7.37. The van der Waals surface area contributed by atoms with E-state index < -0.39 is 10.0 Å². The van der Waals surface area contributed by atoms with Gasteiger partial charge in [-0.1, -0.05) is 18.2 Å². The maximum atomic E-state index is 11.8. The van der Waals surface area contributed by atoms with E-state index in [2.05, 4.69) is 0 Å². The first kappa shape index (κ1) is 16.0. The van der Waals surface area contributed by atoms with Gasteiger partial charge in [-0.3, -0.25) is 0 Å². The Kier molecular flexibility index (Phi) is 4.15. The zero-order valence-corrected chi connectivity index (χ0v) is 13.7. The second-order valence-electron chi connectivity index (χ2n) is 6.09. The molecule has 1 heterocycles. The molecule has 0 spiro atoms. The van der Waals surface area contributed by atoms with Crippen molar-refractivity contribution in [2.75, 3.05) is 6.61 Å². The summed E-state index contributed by atoms with van der Waals surface area (Å²) in [7, 11) is -3.75. The second kappa shape index (κ2) is 5.44. The average molecular weight is 310 g/mol. The van der Waals surface area contributed by atoms with Crippen molar-refractivity contribution < 1.29 is 13.2 Å². The Labute approximate surface area is 125 Å². The van der Waals surface area contributed by atoms with Crippen LogP contribution in [0.15, 0.2) is 29.2 Å². The van der Waals surface area contributed by atoms with Crippen LogP contribution in [0, 0.1) is 6.92 Å². The van der Waals surface area contributed by atoms with Gasteiger partial charge in [0, 0.05) is 23.1 Å². The van der Waals surface area contributed by atoms with Crippen molar-refractivity contribution in [2.24, 2.45) is 5.14 Å². The molecule has 0 atom stereocenters. The third-order valence-electron chi connectivity index (χ3n) is 3.31. The van der Waals surface area contributed by atoms with Gasteiger partial charge in [0.2, 0.25) is 10.0 Å². The summed E-state index contributed by atoms with van der Waals surface area (Å²) in [5.74, 6) is 0. The van der Waals surface area contributed by atoms with Gasteiger partial charge in [0.25, 0.3) is 0 Å². The molecule has 2 rings (SSSR count). The topological polar surface area (TPSA) is 74.3 Å². The molecule has 6 heteroatoms. The molecule has 116 valence electrons. The predicted octanol–water partition coefficient (Wildman–Crippen LogP) is 2.41. The monoisotopic (exact) mass is 310 g/mol. The maximum Gasteiger partial charge on any atom is 0.240 e. The Morgan fingerprint density at radius 3 is 2.43 bits per heavy atom. The van der Waals surface area contributed by atoms with Crippen LogP contribution in [0.1, 0.15) is 26.5 Å². The molecule has 0 radical (unpaired) electrons. The Morgan fingerprint density at radius 1 is 1.24 bits per heavy atom. The van der Waals surface area contributed by atoms with Crippen molar-refractivity contribution in [1.82, 2.24) is 4.57 Å². The number of nitrogens with zero attached hydrogens (tertiary/aromatic N) is 1. The van der Waals surface area contributed by atoms with Crippen molar-refractivity contribution in [1.29, 1.82) is 0 Å². The molecule has 1 aromatic heterocycles. The molecule has 0 aliphatic rings. The molecular formula is C15H22N2O3S. The standard InChI is InChI=1S/C15H22N2O3S/c1-11-14(21(16,18)19)12-7-5-6-8-13(12)17(11)9-10-20-15(2,3)4/h5-8H,9-10H2,1-4H3,(H2,16,18,19). The van der Waals surface area contributed by atoms with Gasteiger partial charge in [0.1, 0.15) is 4.90 Å². The minimum absolute atomic E-state index is 0.203. The highest BCUT2D eigenvalue weighted by Gasteiger charge is 2.22. The first-order chi connectivity index (χ1) is 9.61. The van der Waals surface area contributed by atoms with Gasteiger partial charge in [-0.25, -0.2) is 13.6 Å². The summed E-state index contributed by atoms with van der Waals surface area (Å²) in [6.45, 7) is 8.83. The highest BCUT2D eigenvalue weighted by atomic mass is 32.2. The number of ether oxygens (including phenoxy) is 1.